The zero-order chi connectivity index (χ0) is 33.3. The summed E-state index contributed by atoms with van der Waals surface area (Å²) < 4.78 is 28.1. The first-order valence-corrected chi connectivity index (χ1v) is 16.1. The van der Waals surface area contributed by atoms with Crippen molar-refractivity contribution in [3.63, 3.8) is 0 Å². The number of carbonyl (C=O) groups is 3. The maximum absolute atomic E-state index is 13.8. The molecular weight excluding hydrogens is 614 g/mol. The average molecular weight is 660 g/mol. The lowest BCUT2D eigenvalue weighted by Crippen LogP contribution is -2.47. The van der Waals surface area contributed by atoms with Crippen LogP contribution in [-0.4, -0.2) is 88.3 Å². The van der Waals surface area contributed by atoms with E-state index in [9.17, 15) is 14.4 Å². The van der Waals surface area contributed by atoms with Crippen molar-refractivity contribution in [1.82, 2.24) is 15.5 Å². The van der Waals surface area contributed by atoms with Gasteiger partial charge in [-0.25, -0.2) is 9.59 Å². The van der Waals surface area contributed by atoms with Crippen LogP contribution in [-0.2, 0) is 25.4 Å². The van der Waals surface area contributed by atoms with Gasteiger partial charge in [0.05, 0.1) is 26.4 Å². The van der Waals surface area contributed by atoms with E-state index < -0.39 is 23.9 Å². The van der Waals surface area contributed by atoms with Crippen LogP contribution < -0.4 is 15.4 Å². The number of halogens is 1. The zero-order valence-electron chi connectivity index (χ0n) is 27.4. The number of hydrogen-bond acceptors (Lipinski definition) is 8. The van der Waals surface area contributed by atoms with Crippen molar-refractivity contribution in [2.24, 2.45) is 5.92 Å². The average Bonchev–Trinajstić information content (AvgIpc) is 3.51. The molecule has 2 aromatic carbocycles. The second-order valence-electron chi connectivity index (χ2n) is 12.6. The number of alkyl carbamates (subject to hydrolysis) is 1. The van der Waals surface area contributed by atoms with Crippen molar-refractivity contribution in [3.8, 4) is 5.75 Å². The molecule has 1 unspecified atom stereocenters. The summed E-state index contributed by atoms with van der Waals surface area (Å²) >= 11 is 6.36. The maximum atomic E-state index is 13.8. The maximum Gasteiger partial charge on any atom is 0.410 e. The van der Waals surface area contributed by atoms with Gasteiger partial charge in [0.15, 0.2) is 0 Å². The van der Waals surface area contributed by atoms with Gasteiger partial charge in [0, 0.05) is 55.9 Å². The lowest BCUT2D eigenvalue weighted by atomic mass is 9.91. The quantitative estimate of drug-likeness (QED) is 0.286. The molecule has 46 heavy (non-hydrogen) atoms. The number of fused-ring (bicyclic) bond motifs is 1. The fourth-order valence-electron chi connectivity index (χ4n) is 5.67. The van der Waals surface area contributed by atoms with E-state index in [0.717, 1.165) is 29.5 Å². The lowest BCUT2D eigenvalue weighted by Gasteiger charge is -2.34. The molecule has 0 spiro atoms. The van der Waals surface area contributed by atoms with E-state index in [1.54, 1.807) is 24.1 Å². The minimum absolute atomic E-state index is 0.184. The van der Waals surface area contributed by atoms with E-state index >= 15 is 0 Å². The van der Waals surface area contributed by atoms with E-state index in [0.29, 0.717) is 54.9 Å². The number of amides is 3. The van der Waals surface area contributed by atoms with Gasteiger partial charge in [-0.1, -0.05) is 23.7 Å². The summed E-state index contributed by atoms with van der Waals surface area (Å²) in [6.07, 6.45) is 1.60. The number of hydrogen-bond donors (Lipinski definition) is 2. The van der Waals surface area contributed by atoms with Crippen LogP contribution >= 0.6 is 11.6 Å². The Morgan fingerprint density at radius 3 is 2.54 bits per heavy atom. The van der Waals surface area contributed by atoms with Crippen molar-refractivity contribution < 1.29 is 38.1 Å². The van der Waals surface area contributed by atoms with Crippen LogP contribution in [0.15, 0.2) is 36.4 Å². The van der Waals surface area contributed by atoms with Gasteiger partial charge in [-0.3, -0.25) is 4.79 Å². The minimum Gasteiger partial charge on any atom is -0.493 e. The van der Waals surface area contributed by atoms with Crippen LogP contribution in [0.4, 0.5) is 9.59 Å². The molecule has 0 saturated carbocycles. The third-order valence-corrected chi connectivity index (χ3v) is 8.30. The third kappa shape index (κ3) is 9.98. The van der Waals surface area contributed by atoms with Gasteiger partial charge < -0.3 is 39.2 Å². The fourth-order valence-corrected chi connectivity index (χ4v) is 5.87. The molecule has 252 valence electrons. The Labute approximate surface area is 276 Å². The molecule has 0 bridgehead atoms. The van der Waals surface area contributed by atoms with Crippen LogP contribution in [0, 0.1) is 5.92 Å². The number of rotatable bonds is 12. The Kier molecular flexibility index (Phi) is 12.5. The lowest BCUT2D eigenvalue weighted by molar-refractivity contribution is 0.0150. The predicted molar refractivity (Wildman–Crippen MR) is 174 cm³/mol. The molecule has 1 fully saturated rings. The molecule has 2 aliphatic heterocycles. The fraction of sp³-hybridized carbons (Fsp3) is 0.559. The summed E-state index contributed by atoms with van der Waals surface area (Å²) in [4.78, 5) is 39.9. The number of benzene rings is 2. The monoisotopic (exact) mass is 659 g/mol. The summed E-state index contributed by atoms with van der Waals surface area (Å²) in [6.45, 7) is 8.00. The normalized spacial score (nSPS) is 16.0. The number of ether oxygens (including phenoxy) is 5. The van der Waals surface area contributed by atoms with Crippen molar-refractivity contribution >= 4 is 29.7 Å². The van der Waals surface area contributed by atoms with Gasteiger partial charge in [0.2, 0.25) is 0 Å². The molecule has 2 aromatic rings. The molecule has 2 heterocycles. The third-order valence-electron chi connectivity index (χ3n) is 8.06. The number of nitrogens with zero attached hydrogens (tertiary/aromatic N) is 1. The van der Waals surface area contributed by atoms with Crippen molar-refractivity contribution in [2.45, 2.75) is 64.2 Å². The smallest absolute Gasteiger partial charge is 0.410 e. The molecule has 0 aliphatic carbocycles. The minimum atomic E-state index is -0.643. The molecule has 11 nitrogen and oxygen atoms in total. The summed E-state index contributed by atoms with van der Waals surface area (Å²) in [6, 6.07) is 10.6. The van der Waals surface area contributed by atoms with Gasteiger partial charge in [-0.05, 0) is 81.3 Å². The van der Waals surface area contributed by atoms with Crippen LogP contribution in [0.25, 0.3) is 0 Å². The molecule has 3 amide bonds. The van der Waals surface area contributed by atoms with Crippen molar-refractivity contribution in [2.75, 3.05) is 53.7 Å². The highest BCUT2D eigenvalue weighted by molar-refractivity contribution is 6.30. The van der Waals surface area contributed by atoms with Gasteiger partial charge in [0.25, 0.3) is 5.91 Å². The van der Waals surface area contributed by atoms with E-state index in [4.69, 9.17) is 30.5 Å². The molecule has 4 rings (SSSR count). The van der Waals surface area contributed by atoms with E-state index in [1.807, 2.05) is 45.0 Å². The first-order valence-electron chi connectivity index (χ1n) is 15.8. The Bertz CT molecular complexity index is 1360. The van der Waals surface area contributed by atoms with Crippen LogP contribution in [0.5, 0.6) is 5.75 Å². The van der Waals surface area contributed by atoms with Crippen molar-refractivity contribution in [3.05, 3.63) is 63.7 Å². The van der Waals surface area contributed by atoms with Crippen molar-refractivity contribution in [1.29, 1.82) is 0 Å². The Hall–Kier alpha value is -3.54. The first-order chi connectivity index (χ1) is 21.9. The molecule has 1 saturated heterocycles. The second kappa shape index (κ2) is 16.3. The van der Waals surface area contributed by atoms with Crippen LogP contribution in [0.1, 0.15) is 73.2 Å². The Morgan fingerprint density at radius 2 is 1.85 bits per heavy atom. The highest BCUT2D eigenvalue weighted by Crippen LogP contribution is 2.38. The molecule has 0 radical (unpaired) electrons. The molecular formula is C34H46ClN3O8. The van der Waals surface area contributed by atoms with Crippen LogP contribution in [0.2, 0.25) is 5.02 Å². The SMILES string of the molecule is COC(=O)NCCOC(c1cccc(Cl)c1)c1cc(C(=O)NC[C@H](CC2CCOCC2)N(C)C(=O)OC(C)(C)C)cc2c1CCO2. The molecule has 2 N–H and O–H groups in total. The van der Waals surface area contributed by atoms with E-state index in [-0.39, 0.29) is 31.6 Å². The Morgan fingerprint density at radius 1 is 1.09 bits per heavy atom. The summed E-state index contributed by atoms with van der Waals surface area (Å²) in [5.74, 6) is 0.687. The topological polar surface area (TPSA) is 125 Å². The van der Waals surface area contributed by atoms with Gasteiger partial charge in [0.1, 0.15) is 17.5 Å². The van der Waals surface area contributed by atoms with Gasteiger partial charge in [-0.2, -0.15) is 0 Å². The summed E-state index contributed by atoms with van der Waals surface area (Å²) in [7, 11) is 3.01. The largest absolute Gasteiger partial charge is 0.493 e. The standard InChI is InChI=1S/C34H46ClN3O8/c1-34(2,3)46-33(41)38(4)26(17-22-9-13-43-14-10-22)21-37-31(39)24-19-28(27-11-15-44-29(27)20-24)30(23-7-6-8-25(35)18-23)45-16-12-36-32(40)42-5/h6-8,18-20,22,26,30H,9-17,21H2,1-5H3,(H,36,40)(H,37,39)/t26-,30?/m0/s1. The van der Waals surface area contributed by atoms with E-state index in [2.05, 4.69) is 15.4 Å². The summed E-state index contributed by atoms with van der Waals surface area (Å²) in [5, 5.41) is 6.24. The van der Waals surface area contributed by atoms with Crippen LogP contribution in [0.3, 0.4) is 0 Å². The zero-order valence-corrected chi connectivity index (χ0v) is 28.1. The number of methoxy groups -OCH3 is 1. The van der Waals surface area contributed by atoms with Gasteiger partial charge >= 0.3 is 12.2 Å². The summed E-state index contributed by atoms with van der Waals surface area (Å²) in [5.41, 5.74) is 2.29. The molecule has 2 atom stereocenters. The second-order valence-corrected chi connectivity index (χ2v) is 13.0. The first kappa shape index (κ1) is 35.3. The number of likely N-dealkylation sites (N-methyl/N-ethyl adjacent to an activating group) is 1. The molecule has 12 heteroatoms. The number of carbonyl (C=O) groups excluding carboxylic acids is 3. The highest BCUT2D eigenvalue weighted by Gasteiger charge is 2.30. The van der Waals surface area contributed by atoms with E-state index in [1.165, 1.54) is 7.11 Å². The highest BCUT2D eigenvalue weighted by atomic mass is 35.5. The molecule has 0 aromatic heterocycles. The number of nitrogens with one attached hydrogen (secondary N) is 2. The van der Waals surface area contributed by atoms with Gasteiger partial charge in [-0.15, -0.1) is 0 Å². The molecule has 2 aliphatic rings. The predicted octanol–water partition coefficient (Wildman–Crippen LogP) is 5.52. The Balaban J connectivity index is 1.57.